The number of methoxy groups -OCH3 is 3. The van der Waals surface area contributed by atoms with E-state index in [0.717, 1.165) is 5.56 Å². The molecule has 7 atom stereocenters. The number of hydrogen-bond acceptors (Lipinski definition) is 12. The second-order valence-electron chi connectivity index (χ2n) is 9.59. The summed E-state index contributed by atoms with van der Waals surface area (Å²) >= 11 is 0. The van der Waals surface area contributed by atoms with Crippen LogP contribution in [0.15, 0.2) is 36.4 Å². The first-order chi connectivity index (χ1) is 18.6. The van der Waals surface area contributed by atoms with Crippen molar-refractivity contribution >= 4 is 5.97 Å². The van der Waals surface area contributed by atoms with Crippen molar-refractivity contribution in [1.82, 2.24) is 0 Å². The maximum absolute atomic E-state index is 12.7. The van der Waals surface area contributed by atoms with Crippen molar-refractivity contribution in [2.24, 2.45) is 5.92 Å². The standard InChI is InChI=1S/C27H34O12/c1-34-17-6-4-14(9-19(17)35-2)8-16-13-37-26(32)27(16,33)11-15-5-7-18(20(10-15)36-3)38-25-24(31)23(30)22(29)21(12-28)39-25/h4-7,9-10,16,21-25,28-31,33H,8,11-13H2,1-3H3/t16-,21+,22+,23-,24+,25+,27-/m0/s1. The zero-order chi connectivity index (χ0) is 28.3. The summed E-state index contributed by atoms with van der Waals surface area (Å²) in [6, 6.07) is 10.1. The maximum atomic E-state index is 12.7. The van der Waals surface area contributed by atoms with E-state index in [0.29, 0.717) is 23.5 Å². The third-order valence-corrected chi connectivity index (χ3v) is 7.17. The van der Waals surface area contributed by atoms with Gasteiger partial charge in [-0.25, -0.2) is 4.79 Å². The van der Waals surface area contributed by atoms with Crippen LogP contribution < -0.4 is 18.9 Å². The van der Waals surface area contributed by atoms with Gasteiger partial charge >= 0.3 is 5.97 Å². The first-order valence-corrected chi connectivity index (χ1v) is 12.4. The second-order valence-corrected chi connectivity index (χ2v) is 9.59. The number of carbonyl (C=O) groups is 1. The van der Waals surface area contributed by atoms with Gasteiger partial charge in [0.25, 0.3) is 0 Å². The molecule has 2 fully saturated rings. The predicted octanol–water partition coefficient (Wildman–Crippen LogP) is -0.420. The molecular weight excluding hydrogens is 516 g/mol. The van der Waals surface area contributed by atoms with Crippen LogP contribution in [0.3, 0.4) is 0 Å². The normalized spacial score (nSPS) is 30.5. The first-order valence-electron chi connectivity index (χ1n) is 12.4. The molecule has 12 heteroatoms. The monoisotopic (exact) mass is 550 g/mol. The topological polar surface area (TPSA) is 174 Å². The van der Waals surface area contributed by atoms with Gasteiger partial charge in [0, 0.05) is 12.3 Å². The molecule has 0 saturated carbocycles. The fraction of sp³-hybridized carbons (Fsp3) is 0.519. The molecular formula is C27H34O12. The summed E-state index contributed by atoms with van der Waals surface area (Å²) in [5, 5.41) is 51.2. The summed E-state index contributed by atoms with van der Waals surface area (Å²) in [4.78, 5) is 12.7. The summed E-state index contributed by atoms with van der Waals surface area (Å²) in [7, 11) is 4.45. The Morgan fingerprint density at radius 2 is 1.49 bits per heavy atom. The molecule has 0 amide bonds. The lowest BCUT2D eigenvalue weighted by Gasteiger charge is -2.39. The number of aliphatic hydroxyl groups excluding tert-OH is 4. The first kappa shape index (κ1) is 28.9. The molecule has 2 aliphatic rings. The number of cyclic esters (lactones) is 1. The van der Waals surface area contributed by atoms with Gasteiger partial charge in [0.15, 0.2) is 28.6 Å². The highest BCUT2D eigenvalue weighted by molar-refractivity contribution is 5.82. The van der Waals surface area contributed by atoms with Gasteiger partial charge in [-0.15, -0.1) is 0 Å². The molecule has 2 aliphatic heterocycles. The van der Waals surface area contributed by atoms with Crippen LogP contribution >= 0.6 is 0 Å². The SMILES string of the molecule is COc1ccc(C[C@H]2COC(=O)[C@]2(O)Cc2ccc(O[C@@H]3O[C@H](CO)[C@@H](O)[C@H](O)[C@H]3O)c(OC)c2)cc1OC. The van der Waals surface area contributed by atoms with Gasteiger partial charge < -0.3 is 54.0 Å². The Hall–Kier alpha value is -3.13. The molecule has 4 rings (SSSR count). The van der Waals surface area contributed by atoms with Gasteiger partial charge in [0.2, 0.25) is 6.29 Å². The number of aliphatic hydroxyl groups is 5. The highest BCUT2D eigenvalue weighted by atomic mass is 16.7. The molecule has 0 unspecified atom stereocenters. The number of hydrogen-bond donors (Lipinski definition) is 5. The quantitative estimate of drug-likeness (QED) is 0.242. The van der Waals surface area contributed by atoms with E-state index < -0.39 is 54.8 Å². The van der Waals surface area contributed by atoms with Gasteiger partial charge in [-0.1, -0.05) is 12.1 Å². The van der Waals surface area contributed by atoms with Crippen molar-refractivity contribution < 1.29 is 58.7 Å². The van der Waals surface area contributed by atoms with Crippen LogP contribution in [0.25, 0.3) is 0 Å². The molecule has 214 valence electrons. The Labute approximate surface area is 225 Å². The average Bonchev–Trinajstić information content (AvgIpc) is 3.21. The van der Waals surface area contributed by atoms with Crippen LogP contribution in [0.1, 0.15) is 11.1 Å². The van der Waals surface area contributed by atoms with Gasteiger partial charge in [-0.2, -0.15) is 0 Å². The molecule has 12 nitrogen and oxygen atoms in total. The van der Waals surface area contributed by atoms with Gasteiger partial charge in [0.05, 0.1) is 34.5 Å². The molecule has 0 aliphatic carbocycles. The lowest BCUT2D eigenvalue weighted by molar-refractivity contribution is -0.277. The summed E-state index contributed by atoms with van der Waals surface area (Å²) < 4.78 is 32.4. The molecule has 0 radical (unpaired) electrons. The maximum Gasteiger partial charge on any atom is 0.338 e. The van der Waals surface area contributed by atoms with Crippen molar-refractivity contribution in [3.05, 3.63) is 47.5 Å². The Morgan fingerprint density at radius 1 is 0.872 bits per heavy atom. The predicted molar refractivity (Wildman–Crippen MR) is 134 cm³/mol. The minimum Gasteiger partial charge on any atom is -0.493 e. The zero-order valence-electron chi connectivity index (χ0n) is 21.9. The van der Waals surface area contributed by atoms with Crippen molar-refractivity contribution in [1.29, 1.82) is 0 Å². The third kappa shape index (κ3) is 5.76. The number of esters is 1. The van der Waals surface area contributed by atoms with Gasteiger partial charge in [0.1, 0.15) is 24.4 Å². The van der Waals surface area contributed by atoms with Crippen molar-refractivity contribution in [2.75, 3.05) is 34.5 Å². The van der Waals surface area contributed by atoms with E-state index in [9.17, 15) is 30.3 Å². The molecule has 2 heterocycles. The van der Waals surface area contributed by atoms with Gasteiger partial charge in [-0.05, 0) is 41.8 Å². The van der Waals surface area contributed by atoms with Crippen LogP contribution in [-0.2, 0) is 27.1 Å². The van der Waals surface area contributed by atoms with Crippen molar-refractivity contribution in [3.63, 3.8) is 0 Å². The number of rotatable bonds is 10. The summed E-state index contributed by atoms with van der Waals surface area (Å²) in [6.07, 6.45) is -6.98. The van der Waals surface area contributed by atoms with E-state index in [1.54, 1.807) is 24.3 Å². The fourth-order valence-electron chi connectivity index (χ4n) is 4.86. The minimum absolute atomic E-state index is 0.0408. The molecule has 2 aromatic carbocycles. The highest BCUT2D eigenvalue weighted by Gasteiger charge is 2.51. The molecule has 0 spiro atoms. The van der Waals surface area contributed by atoms with Gasteiger partial charge in [-0.3, -0.25) is 0 Å². The smallest absolute Gasteiger partial charge is 0.338 e. The van der Waals surface area contributed by atoms with E-state index in [2.05, 4.69) is 0 Å². The van der Waals surface area contributed by atoms with Crippen molar-refractivity contribution in [2.45, 2.75) is 49.1 Å². The average molecular weight is 551 g/mol. The van der Waals surface area contributed by atoms with Crippen LogP contribution in [0.2, 0.25) is 0 Å². The van der Waals surface area contributed by atoms with Crippen LogP contribution in [-0.4, -0.2) is 102 Å². The number of ether oxygens (including phenoxy) is 6. The van der Waals surface area contributed by atoms with E-state index in [4.69, 9.17) is 28.4 Å². The molecule has 0 bridgehead atoms. The zero-order valence-corrected chi connectivity index (χ0v) is 21.9. The van der Waals surface area contributed by atoms with Crippen molar-refractivity contribution in [3.8, 4) is 23.0 Å². The summed E-state index contributed by atoms with van der Waals surface area (Å²) in [5.74, 6) is 0.161. The van der Waals surface area contributed by atoms with Crippen LogP contribution in [0, 0.1) is 5.92 Å². The van der Waals surface area contributed by atoms with Crippen LogP contribution in [0.4, 0.5) is 0 Å². The lowest BCUT2D eigenvalue weighted by atomic mass is 9.81. The largest absolute Gasteiger partial charge is 0.493 e. The third-order valence-electron chi connectivity index (χ3n) is 7.17. The van der Waals surface area contributed by atoms with Crippen LogP contribution in [0.5, 0.6) is 23.0 Å². The Bertz CT molecular complexity index is 1150. The Kier molecular flexibility index (Phi) is 8.84. The molecule has 0 aromatic heterocycles. The lowest BCUT2D eigenvalue weighted by Crippen LogP contribution is -2.60. The molecule has 2 saturated heterocycles. The Balaban J connectivity index is 1.52. The second kappa shape index (κ2) is 11.9. The van der Waals surface area contributed by atoms with E-state index >= 15 is 0 Å². The molecule has 2 aromatic rings. The van der Waals surface area contributed by atoms with E-state index in [-0.39, 0.29) is 24.5 Å². The Morgan fingerprint density at radius 3 is 2.15 bits per heavy atom. The fourth-order valence-corrected chi connectivity index (χ4v) is 4.86. The highest BCUT2D eigenvalue weighted by Crippen LogP contribution is 2.38. The van der Waals surface area contributed by atoms with E-state index in [1.807, 2.05) is 6.07 Å². The minimum atomic E-state index is -1.81. The molecule has 39 heavy (non-hydrogen) atoms. The number of carbonyl (C=O) groups excluding carboxylic acids is 1. The summed E-state index contributed by atoms with van der Waals surface area (Å²) in [5.41, 5.74) is -0.431. The van der Waals surface area contributed by atoms with E-state index in [1.165, 1.54) is 27.4 Å². The number of benzene rings is 2. The summed E-state index contributed by atoms with van der Waals surface area (Å²) in [6.45, 7) is -0.556. The molecule has 5 N–H and O–H groups in total.